The molecule has 0 aliphatic rings. The van der Waals surface area contributed by atoms with Gasteiger partial charge in [-0.25, -0.2) is 0 Å². The number of rotatable bonds is 10. The van der Waals surface area contributed by atoms with E-state index in [1.54, 1.807) is 12.1 Å². The number of aliphatic hydroxyl groups is 2. The molecule has 5 nitrogen and oxygen atoms in total. The van der Waals surface area contributed by atoms with Crippen LogP contribution in [-0.2, 0) is 19.4 Å². The standard InChI is InChI=1S/C25H30N2O3/c1-2-18-4-3-5-23(14-18)27-22-9-6-19(7-10-22)12-13-26-16-25(30)20-8-11-24(29)21(15-20)17-28/h3-11,14-15,25-30H,2,12-13,16-17H2,1H3. The van der Waals surface area contributed by atoms with Crippen LogP contribution in [0.25, 0.3) is 0 Å². The molecule has 0 aromatic heterocycles. The van der Waals surface area contributed by atoms with Crippen molar-refractivity contribution in [1.29, 1.82) is 0 Å². The number of aliphatic hydroxyl groups excluding tert-OH is 2. The Balaban J connectivity index is 1.45. The molecule has 3 aromatic rings. The van der Waals surface area contributed by atoms with Gasteiger partial charge in [0.25, 0.3) is 0 Å². The van der Waals surface area contributed by atoms with Crippen LogP contribution in [0.5, 0.6) is 5.75 Å². The summed E-state index contributed by atoms with van der Waals surface area (Å²) in [5, 5.41) is 35.9. The van der Waals surface area contributed by atoms with Crippen LogP contribution in [0.4, 0.5) is 11.4 Å². The fourth-order valence-electron chi connectivity index (χ4n) is 3.32. The average molecular weight is 407 g/mol. The summed E-state index contributed by atoms with van der Waals surface area (Å²) >= 11 is 0. The van der Waals surface area contributed by atoms with Crippen molar-refractivity contribution in [2.75, 3.05) is 18.4 Å². The summed E-state index contributed by atoms with van der Waals surface area (Å²) in [7, 11) is 0. The highest BCUT2D eigenvalue weighted by atomic mass is 16.3. The predicted molar refractivity (Wildman–Crippen MR) is 121 cm³/mol. The number of nitrogens with one attached hydrogen (secondary N) is 2. The molecule has 1 unspecified atom stereocenters. The second-order valence-electron chi connectivity index (χ2n) is 7.39. The summed E-state index contributed by atoms with van der Waals surface area (Å²) in [6, 6.07) is 21.6. The Morgan fingerprint density at radius 2 is 1.70 bits per heavy atom. The van der Waals surface area contributed by atoms with Gasteiger partial charge in [-0.05, 0) is 72.5 Å². The summed E-state index contributed by atoms with van der Waals surface area (Å²) in [4.78, 5) is 0. The minimum absolute atomic E-state index is 0.0393. The molecule has 3 rings (SSSR count). The number of hydrogen-bond donors (Lipinski definition) is 5. The molecule has 0 saturated carbocycles. The molecular formula is C25H30N2O3. The molecule has 0 radical (unpaired) electrons. The molecule has 0 bridgehead atoms. The zero-order valence-electron chi connectivity index (χ0n) is 17.3. The topological polar surface area (TPSA) is 84.8 Å². The fraction of sp³-hybridized carbons (Fsp3) is 0.280. The molecule has 158 valence electrons. The highest BCUT2D eigenvalue weighted by Gasteiger charge is 2.10. The third-order valence-electron chi connectivity index (χ3n) is 5.16. The maximum atomic E-state index is 10.3. The van der Waals surface area contributed by atoms with Crippen molar-refractivity contribution in [1.82, 2.24) is 5.32 Å². The van der Waals surface area contributed by atoms with E-state index in [0.29, 0.717) is 17.7 Å². The summed E-state index contributed by atoms with van der Waals surface area (Å²) in [6.45, 7) is 3.04. The minimum atomic E-state index is -0.693. The first-order valence-electron chi connectivity index (χ1n) is 10.4. The predicted octanol–water partition coefficient (Wildman–Crippen LogP) is 4.06. The Kier molecular flexibility index (Phi) is 7.85. The van der Waals surface area contributed by atoms with E-state index in [-0.39, 0.29) is 12.4 Å². The Morgan fingerprint density at radius 3 is 2.43 bits per heavy atom. The Morgan fingerprint density at radius 1 is 0.900 bits per heavy atom. The lowest BCUT2D eigenvalue weighted by molar-refractivity contribution is 0.174. The van der Waals surface area contributed by atoms with Crippen LogP contribution in [-0.4, -0.2) is 28.4 Å². The van der Waals surface area contributed by atoms with Crippen molar-refractivity contribution in [2.45, 2.75) is 32.5 Å². The SMILES string of the molecule is CCc1cccc(Nc2ccc(CCNCC(O)c3ccc(O)c(CO)c3)cc2)c1. The summed E-state index contributed by atoms with van der Waals surface area (Å²) in [5.41, 5.74) is 5.77. The van der Waals surface area contributed by atoms with Crippen LogP contribution in [0, 0.1) is 0 Å². The summed E-state index contributed by atoms with van der Waals surface area (Å²) < 4.78 is 0. The average Bonchev–Trinajstić information content (AvgIpc) is 2.78. The van der Waals surface area contributed by atoms with Crippen LogP contribution in [0.1, 0.15) is 35.3 Å². The van der Waals surface area contributed by atoms with Gasteiger partial charge in [0.05, 0.1) is 12.7 Å². The highest BCUT2D eigenvalue weighted by Crippen LogP contribution is 2.22. The molecular weight excluding hydrogens is 376 g/mol. The van der Waals surface area contributed by atoms with Gasteiger partial charge in [0.15, 0.2) is 0 Å². The van der Waals surface area contributed by atoms with Crippen molar-refractivity contribution in [3.05, 3.63) is 89.0 Å². The monoisotopic (exact) mass is 406 g/mol. The van der Waals surface area contributed by atoms with E-state index in [1.807, 2.05) is 0 Å². The van der Waals surface area contributed by atoms with Gasteiger partial charge >= 0.3 is 0 Å². The van der Waals surface area contributed by atoms with Gasteiger partial charge in [-0.2, -0.15) is 0 Å². The first kappa shape index (κ1) is 21.8. The first-order chi connectivity index (χ1) is 14.6. The zero-order valence-corrected chi connectivity index (χ0v) is 17.3. The van der Waals surface area contributed by atoms with E-state index in [2.05, 4.69) is 66.1 Å². The van der Waals surface area contributed by atoms with Gasteiger partial charge in [0, 0.05) is 23.5 Å². The van der Waals surface area contributed by atoms with Crippen molar-refractivity contribution in [3.8, 4) is 5.75 Å². The molecule has 0 aliphatic heterocycles. The number of hydrogen-bond acceptors (Lipinski definition) is 5. The molecule has 0 heterocycles. The molecule has 5 heteroatoms. The number of phenols is 1. The maximum absolute atomic E-state index is 10.3. The quantitative estimate of drug-likeness (QED) is 0.328. The lowest BCUT2D eigenvalue weighted by Gasteiger charge is -2.14. The molecule has 0 amide bonds. The van der Waals surface area contributed by atoms with Crippen LogP contribution < -0.4 is 10.6 Å². The summed E-state index contributed by atoms with van der Waals surface area (Å²) in [5.74, 6) is 0.0393. The van der Waals surface area contributed by atoms with Crippen molar-refractivity contribution in [2.24, 2.45) is 0 Å². The van der Waals surface area contributed by atoms with Gasteiger partial charge in [-0.15, -0.1) is 0 Å². The van der Waals surface area contributed by atoms with Crippen molar-refractivity contribution >= 4 is 11.4 Å². The molecule has 5 N–H and O–H groups in total. The molecule has 3 aromatic carbocycles. The normalized spacial score (nSPS) is 12.0. The van der Waals surface area contributed by atoms with E-state index in [4.69, 9.17) is 0 Å². The highest BCUT2D eigenvalue weighted by molar-refractivity contribution is 5.60. The molecule has 0 spiro atoms. The molecule has 0 saturated heterocycles. The van der Waals surface area contributed by atoms with Crippen LogP contribution in [0.3, 0.4) is 0 Å². The zero-order chi connectivity index (χ0) is 21.3. The van der Waals surface area contributed by atoms with E-state index in [9.17, 15) is 15.3 Å². The third kappa shape index (κ3) is 6.07. The number of aryl methyl sites for hydroxylation is 1. The maximum Gasteiger partial charge on any atom is 0.121 e. The van der Waals surface area contributed by atoms with E-state index < -0.39 is 6.10 Å². The van der Waals surface area contributed by atoms with Crippen LogP contribution in [0.15, 0.2) is 66.7 Å². The smallest absolute Gasteiger partial charge is 0.121 e. The number of anilines is 2. The van der Waals surface area contributed by atoms with Gasteiger partial charge < -0.3 is 26.0 Å². The van der Waals surface area contributed by atoms with E-state index in [0.717, 1.165) is 30.8 Å². The Bertz CT molecular complexity index is 941. The van der Waals surface area contributed by atoms with Crippen LogP contribution in [0.2, 0.25) is 0 Å². The van der Waals surface area contributed by atoms with Crippen LogP contribution >= 0.6 is 0 Å². The molecule has 0 fully saturated rings. The second kappa shape index (κ2) is 10.8. The number of benzene rings is 3. The van der Waals surface area contributed by atoms with Gasteiger partial charge in [-0.1, -0.05) is 37.3 Å². The van der Waals surface area contributed by atoms with E-state index in [1.165, 1.54) is 17.2 Å². The minimum Gasteiger partial charge on any atom is -0.508 e. The molecule has 0 aliphatic carbocycles. The van der Waals surface area contributed by atoms with Crippen molar-refractivity contribution < 1.29 is 15.3 Å². The number of aromatic hydroxyl groups is 1. The fourth-order valence-corrected chi connectivity index (χ4v) is 3.32. The molecule has 1 atom stereocenters. The lowest BCUT2D eigenvalue weighted by Crippen LogP contribution is -2.23. The Hall–Kier alpha value is -2.86. The lowest BCUT2D eigenvalue weighted by atomic mass is 10.1. The van der Waals surface area contributed by atoms with Gasteiger partial charge in [0.1, 0.15) is 5.75 Å². The first-order valence-corrected chi connectivity index (χ1v) is 10.4. The van der Waals surface area contributed by atoms with Crippen molar-refractivity contribution in [3.63, 3.8) is 0 Å². The third-order valence-corrected chi connectivity index (χ3v) is 5.16. The molecule has 30 heavy (non-hydrogen) atoms. The second-order valence-corrected chi connectivity index (χ2v) is 7.39. The van der Waals surface area contributed by atoms with Gasteiger partial charge in [-0.3, -0.25) is 0 Å². The van der Waals surface area contributed by atoms with E-state index >= 15 is 0 Å². The summed E-state index contributed by atoms with van der Waals surface area (Å²) in [6.07, 6.45) is 1.18. The Labute approximate surface area is 178 Å². The largest absolute Gasteiger partial charge is 0.508 e. The van der Waals surface area contributed by atoms with Gasteiger partial charge in [0.2, 0.25) is 0 Å².